The van der Waals surface area contributed by atoms with Gasteiger partial charge < -0.3 is 14.6 Å². The number of hydrogen-bond acceptors (Lipinski definition) is 3. The van der Waals surface area contributed by atoms with Crippen molar-refractivity contribution in [2.75, 3.05) is 18.0 Å². The van der Waals surface area contributed by atoms with Crippen LogP contribution >= 0.6 is 15.9 Å². The number of fused-ring (bicyclic) bond motifs is 1. The average Bonchev–Trinajstić information content (AvgIpc) is 3.23. The molecule has 1 aliphatic rings. The van der Waals surface area contributed by atoms with Gasteiger partial charge in [0.1, 0.15) is 0 Å². The summed E-state index contributed by atoms with van der Waals surface area (Å²) in [6, 6.07) is 9.67. The summed E-state index contributed by atoms with van der Waals surface area (Å²) in [6.45, 7) is 3.77. The van der Waals surface area contributed by atoms with Crippen molar-refractivity contribution in [1.29, 1.82) is 0 Å². The second-order valence-electron chi connectivity index (χ2n) is 6.42. The Balaban J connectivity index is 1.48. The van der Waals surface area contributed by atoms with Crippen LogP contribution < -0.4 is 10.2 Å². The van der Waals surface area contributed by atoms with Crippen molar-refractivity contribution in [1.82, 2.24) is 14.7 Å². The fraction of sp³-hybridized carbons (Fsp3) is 0.263. The van der Waals surface area contributed by atoms with Crippen molar-refractivity contribution in [2.45, 2.75) is 19.4 Å². The molecule has 1 fully saturated rings. The summed E-state index contributed by atoms with van der Waals surface area (Å²) in [5.41, 5.74) is 3.04. The molecular weight excluding hydrogens is 380 g/mol. The number of anilines is 1. The lowest BCUT2D eigenvalue weighted by molar-refractivity contribution is 0.0940. The molecule has 1 unspecified atom stereocenters. The van der Waals surface area contributed by atoms with Gasteiger partial charge in [0.2, 0.25) is 0 Å². The molecule has 0 radical (unpaired) electrons. The molecule has 0 aliphatic carbocycles. The first-order chi connectivity index (χ1) is 12.1. The van der Waals surface area contributed by atoms with Crippen molar-refractivity contribution < 1.29 is 4.79 Å². The van der Waals surface area contributed by atoms with Gasteiger partial charge in [-0.05, 0) is 49.2 Å². The van der Waals surface area contributed by atoms with E-state index in [0.29, 0.717) is 5.56 Å². The minimum Gasteiger partial charge on any atom is -0.353 e. The van der Waals surface area contributed by atoms with E-state index in [4.69, 9.17) is 0 Å². The van der Waals surface area contributed by atoms with E-state index >= 15 is 0 Å². The molecule has 1 amide bonds. The molecular formula is C19H19BrN4O. The van der Waals surface area contributed by atoms with Gasteiger partial charge in [-0.1, -0.05) is 15.9 Å². The number of nitrogens with zero attached hydrogens (tertiary/aromatic N) is 3. The van der Waals surface area contributed by atoms with Gasteiger partial charge in [-0.2, -0.15) is 0 Å². The molecule has 0 spiro atoms. The number of aromatic nitrogens is 2. The fourth-order valence-corrected chi connectivity index (χ4v) is 3.64. The van der Waals surface area contributed by atoms with Gasteiger partial charge in [0.05, 0.1) is 5.52 Å². The Kier molecular flexibility index (Phi) is 4.21. The highest BCUT2D eigenvalue weighted by Crippen LogP contribution is 2.26. The number of halogens is 1. The molecule has 1 N–H and O–H groups in total. The lowest BCUT2D eigenvalue weighted by atomic mass is 10.2. The molecule has 5 nitrogen and oxygen atoms in total. The SMILES string of the molecule is Cc1ccn2ccnc(N3CCC(NC(=O)c4ccc(Br)cc4)C3)c12. The van der Waals surface area contributed by atoms with E-state index in [1.165, 1.54) is 5.56 Å². The van der Waals surface area contributed by atoms with E-state index in [9.17, 15) is 4.79 Å². The summed E-state index contributed by atoms with van der Waals surface area (Å²) >= 11 is 3.39. The third kappa shape index (κ3) is 3.14. The molecule has 2 aromatic heterocycles. The molecule has 0 saturated carbocycles. The summed E-state index contributed by atoms with van der Waals surface area (Å²) in [5.74, 6) is 0.967. The number of carbonyl (C=O) groups is 1. The predicted molar refractivity (Wildman–Crippen MR) is 102 cm³/mol. The Hall–Kier alpha value is -2.34. The van der Waals surface area contributed by atoms with E-state index in [2.05, 4.69) is 54.7 Å². The van der Waals surface area contributed by atoms with E-state index < -0.39 is 0 Å². The first-order valence-electron chi connectivity index (χ1n) is 8.35. The number of amides is 1. The second kappa shape index (κ2) is 6.52. The maximum atomic E-state index is 12.4. The zero-order valence-corrected chi connectivity index (χ0v) is 15.5. The van der Waals surface area contributed by atoms with Gasteiger partial charge in [0.25, 0.3) is 5.91 Å². The number of rotatable bonds is 3. The van der Waals surface area contributed by atoms with Crippen LogP contribution in [0.25, 0.3) is 5.52 Å². The molecule has 128 valence electrons. The third-order valence-corrected chi connectivity index (χ3v) is 5.21. The number of carbonyl (C=O) groups excluding carboxylic acids is 1. The van der Waals surface area contributed by atoms with E-state index in [0.717, 1.165) is 35.3 Å². The number of nitrogens with one attached hydrogen (secondary N) is 1. The van der Waals surface area contributed by atoms with Crippen LogP contribution in [0.5, 0.6) is 0 Å². The minimum absolute atomic E-state index is 0.0237. The lowest BCUT2D eigenvalue weighted by Crippen LogP contribution is -2.37. The normalized spacial score (nSPS) is 17.2. The van der Waals surface area contributed by atoms with Crippen molar-refractivity contribution in [3.63, 3.8) is 0 Å². The lowest BCUT2D eigenvalue weighted by Gasteiger charge is -2.19. The largest absolute Gasteiger partial charge is 0.353 e. The van der Waals surface area contributed by atoms with Crippen LogP contribution in [0, 0.1) is 6.92 Å². The van der Waals surface area contributed by atoms with Crippen molar-refractivity contribution >= 4 is 33.2 Å². The smallest absolute Gasteiger partial charge is 0.251 e. The zero-order chi connectivity index (χ0) is 17.4. The van der Waals surface area contributed by atoms with Crippen LogP contribution in [0.4, 0.5) is 5.82 Å². The predicted octanol–water partition coefficient (Wildman–Crippen LogP) is 3.41. The van der Waals surface area contributed by atoms with Crippen molar-refractivity contribution in [3.05, 3.63) is 64.5 Å². The first kappa shape index (κ1) is 16.1. The molecule has 3 aromatic rings. The molecule has 4 rings (SSSR count). The minimum atomic E-state index is -0.0237. The summed E-state index contributed by atoms with van der Waals surface area (Å²) in [4.78, 5) is 19.3. The van der Waals surface area contributed by atoms with E-state index in [1.54, 1.807) is 0 Å². The molecule has 3 heterocycles. The number of aryl methyl sites for hydroxylation is 1. The molecule has 1 atom stereocenters. The van der Waals surface area contributed by atoms with Gasteiger partial charge in [0, 0.05) is 47.8 Å². The molecule has 6 heteroatoms. The standard InChI is InChI=1S/C19H19BrN4O/c1-13-6-9-23-11-8-21-18(17(13)23)24-10-7-16(12-24)22-19(25)14-2-4-15(20)5-3-14/h2-6,8-9,11,16H,7,10,12H2,1H3,(H,22,25). The van der Waals surface area contributed by atoms with Crippen LogP contribution in [0.3, 0.4) is 0 Å². The number of hydrogen-bond donors (Lipinski definition) is 1. The van der Waals surface area contributed by atoms with Gasteiger partial charge >= 0.3 is 0 Å². The summed E-state index contributed by atoms with van der Waals surface area (Å²) in [7, 11) is 0. The number of benzene rings is 1. The second-order valence-corrected chi connectivity index (χ2v) is 7.33. The summed E-state index contributed by atoms with van der Waals surface area (Å²) in [6.07, 6.45) is 6.77. The quantitative estimate of drug-likeness (QED) is 0.735. The topological polar surface area (TPSA) is 49.6 Å². The van der Waals surface area contributed by atoms with Crippen LogP contribution in [0.15, 0.2) is 53.4 Å². The molecule has 1 saturated heterocycles. The maximum absolute atomic E-state index is 12.4. The monoisotopic (exact) mass is 398 g/mol. The third-order valence-electron chi connectivity index (χ3n) is 4.68. The average molecular weight is 399 g/mol. The fourth-order valence-electron chi connectivity index (χ4n) is 3.37. The van der Waals surface area contributed by atoms with Gasteiger partial charge in [-0.15, -0.1) is 0 Å². The zero-order valence-electron chi connectivity index (χ0n) is 13.9. The molecule has 25 heavy (non-hydrogen) atoms. The van der Waals surface area contributed by atoms with Crippen molar-refractivity contribution in [2.24, 2.45) is 0 Å². The Labute approximate surface area is 154 Å². The maximum Gasteiger partial charge on any atom is 0.251 e. The Morgan fingerprint density at radius 3 is 2.84 bits per heavy atom. The Morgan fingerprint density at radius 2 is 2.04 bits per heavy atom. The van der Waals surface area contributed by atoms with E-state index in [1.807, 2.05) is 36.7 Å². The van der Waals surface area contributed by atoms with Crippen LogP contribution in [-0.4, -0.2) is 34.4 Å². The van der Waals surface area contributed by atoms with Gasteiger partial charge in [0.15, 0.2) is 5.82 Å². The molecule has 1 aliphatic heterocycles. The highest BCUT2D eigenvalue weighted by Gasteiger charge is 2.26. The highest BCUT2D eigenvalue weighted by atomic mass is 79.9. The molecule has 0 bridgehead atoms. The van der Waals surface area contributed by atoms with Crippen LogP contribution in [0.2, 0.25) is 0 Å². The van der Waals surface area contributed by atoms with Crippen LogP contribution in [0.1, 0.15) is 22.3 Å². The Morgan fingerprint density at radius 1 is 1.24 bits per heavy atom. The summed E-state index contributed by atoms with van der Waals surface area (Å²) < 4.78 is 3.07. The van der Waals surface area contributed by atoms with Crippen LogP contribution in [-0.2, 0) is 0 Å². The van der Waals surface area contributed by atoms with Gasteiger partial charge in [-0.3, -0.25) is 4.79 Å². The Bertz CT molecular complexity index is 919. The summed E-state index contributed by atoms with van der Waals surface area (Å²) in [5, 5.41) is 3.14. The van der Waals surface area contributed by atoms with Crippen molar-refractivity contribution in [3.8, 4) is 0 Å². The van der Waals surface area contributed by atoms with Gasteiger partial charge in [-0.25, -0.2) is 4.98 Å². The molecule has 1 aromatic carbocycles. The first-order valence-corrected chi connectivity index (χ1v) is 9.15. The highest BCUT2D eigenvalue weighted by molar-refractivity contribution is 9.10. The van der Waals surface area contributed by atoms with E-state index in [-0.39, 0.29) is 11.9 Å².